The SMILES string of the molecule is COc1cc(Nc2cc(Oc3ccc(N(C(N)=O)c4cc(C(C)(C)C)cc(NS(C)(=O)=O)c4OC)c4ccccc34)ccn2)ccc1C(=O)NCCC1CCNCC1. The van der Waals surface area contributed by atoms with Gasteiger partial charge in [-0.05, 0) is 91.7 Å². The van der Waals surface area contributed by atoms with E-state index >= 15 is 0 Å². The number of nitrogens with two attached hydrogens (primary N) is 1. The molecule has 15 heteroatoms. The number of sulfonamides is 1. The average molecular weight is 810 g/mol. The van der Waals surface area contributed by atoms with Gasteiger partial charge in [-0.15, -0.1) is 0 Å². The molecule has 0 saturated carbocycles. The number of nitrogens with one attached hydrogen (secondary N) is 4. The number of hydrogen-bond acceptors (Lipinski definition) is 10. The second-order valence-corrected chi connectivity index (χ2v) is 17.0. The Kier molecular flexibility index (Phi) is 12.6. The van der Waals surface area contributed by atoms with E-state index in [1.807, 2.05) is 45.0 Å². The van der Waals surface area contributed by atoms with E-state index in [0.29, 0.717) is 63.2 Å². The number of piperidine rings is 1. The summed E-state index contributed by atoms with van der Waals surface area (Å²) in [7, 11) is -0.785. The zero-order valence-corrected chi connectivity index (χ0v) is 34.5. The van der Waals surface area contributed by atoms with Crippen LogP contribution in [0.25, 0.3) is 10.8 Å². The Balaban J connectivity index is 1.26. The second kappa shape index (κ2) is 17.6. The molecule has 6 rings (SSSR count). The van der Waals surface area contributed by atoms with Gasteiger partial charge in [-0.1, -0.05) is 45.0 Å². The summed E-state index contributed by atoms with van der Waals surface area (Å²) in [6, 6.07) is 22.2. The van der Waals surface area contributed by atoms with Crippen LogP contribution >= 0.6 is 0 Å². The lowest BCUT2D eigenvalue weighted by molar-refractivity contribution is 0.0947. The Morgan fingerprint density at radius 3 is 2.33 bits per heavy atom. The van der Waals surface area contributed by atoms with Crippen molar-refractivity contribution in [3.05, 3.63) is 96.2 Å². The normalized spacial score (nSPS) is 13.4. The molecule has 2 heterocycles. The van der Waals surface area contributed by atoms with E-state index in [1.54, 1.807) is 60.8 Å². The lowest BCUT2D eigenvalue weighted by atomic mass is 9.86. The zero-order chi connectivity index (χ0) is 41.6. The lowest BCUT2D eigenvalue weighted by Crippen LogP contribution is -2.32. The van der Waals surface area contributed by atoms with E-state index in [1.165, 1.54) is 19.1 Å². The molecule has 0 unspecified atom stereocenters. The van der Waals surface area contributed by atoms with Crippen LogP contribution in [-0.2, 0) is 15.4 Å². The predicted molar refractivity (Wildman–Crippen MR) is 229 cm³/mol. The van der Waals surface area contributed by atoms with Crippen molar-refractivity contribution in [2.45, 2.75) is 45.4 Å². The molecule has 0 atom stereocenters. The van der Waals surface area contributed by atoms with Crippen LogP contribution in [0.2, 0.25) is 0 Å². The Morgan fingerprint density at radius 1 is 0.914 bits per heavy atom. The summed E-state index contributed by atoms with van der Waals surface area (Å²) in [4.78, 5) is 32.2. The summed E-state index contributed by atoms with van der Waals surface area (Å²) >= 11 is 0. The lowest BCUT2D eigenvalue weighted by Gasteiger charge is -2.29. The number of urea groups is 1. The molecule has 0 radical (unpaired) electrons. The molecule has 0 aliphatic carbocycles. The number of anilines is 5. The van der Waals surface area contributed by atoms with Crippen molar-refractivity contribution in [3.8, 4) is 23.0 Å². The van der Waals surface area contributed by atoms with E-state index < -0.39 is 21.5 Å². The van der Waals surface area contributed by atoms with Gasteiger partial charge in [-0.3, -0.25) is 14.4 Å². The van der Waals surface area contributed by atoms with Crippen molar-refractivity contribution in [2.75, 3.05) is 55.0 Å². The van der Waals surface area contributed by atoms with Gasteiger partial charge in [0.2, 0.25) is 10.0 Å². The molecule has 3 amide bonds. The second-order valence-electron chi connectivity index (χ2n) is 15.3. The molecule has 58 heavy (non-hydrogen) atoms. The van der Waals surface area contributed by atoms with E-state index in [-0.39, 0.29) is 23.0 Å². The molecule has 306 valence electrons. The van der Waals surface area contributed by atoms with Gasteiger partial charge in [0.25, 0.3) is 5.91 Å². The van der Waals surface area contributed by atoms with E-state index in [4.69, 9.17) is 19.9 Å². The maximum absolute atomic E-state index is 13.4. The van der Waals surface area contributed by atoms with Gasteiger partial charge in [0.15, 0.2) is 5.75 Å². The molecule has 6 N–H and O–H groups in total. The fraction of sp³-hybridized carbons (Fsp3) is 0.326. The van der Waals surface area contributed by atoms with Gasteiger partial charge in [0.05, 0.1) is 43.1 Å². The highest BCUT2D eigenvalue weighted by Gasteiger charge is 2.28. The first-order valence-corrected chi connectivity index (χ1v) is 20.9. The van der Waals surface area contributed by atoms with Crippen LogP contribution in [0.3, 0.4) is 0 Å². The number of hydrogen-bond donors (Lipinski definition) is 5. The number of benzene rings is 4. The van der Waals surface area contributed by atoms with Crippen LogP contribution in [0.15, 0.2) is 85.1 Å². The summed E-state index contributed by atoms with van der Waals surface area (Å²) < 4.78 is 45.1. The number of fused-ring (bicyclic) bond motifs is 1. The Bertz CT molecular complexity index is 2410. The van der Waals surface area contributed by atoms with Crippen LogP contribution in [0, 0.1) is 5.92 Å². The molecule has 0 bridgehead atoms. The van der Waals surface area contributed by atoms with Crippen molar-refractivity contribution in [1.82, 2.24) is 15.6 Å². The minimum Gasteiger partial charge on any atom is -0.496 e. The zero-order valence-electron chi connectivity index (χ0n) is 33.6. The first-order valence-electron chi connectivity index (χ1n) is 19.0. The summed E-state index contributed by atoms with van der Waals surface area (Å²) in [5.41, 5.74) is 8.36. The van der Waals surface area contributed by atoms with Crippen LogP contribution in [0.4, 0.5) is 33.4 Å². The number of carbonyl (C=O) groups is 2. The molecule has 4 aromatic carbocycles. The monoisotopic (exact) mass is 809 g/mol. The quantitative estimate of drug-likeness (QED) is 0.0741. The van der Waals surface area contributed by atoms with Gasteiger partial charge in [0, 0.05) is 41.3 Å². The largest absolute Gasteiger partial charge is 0.496 e. The van der Waals surface area contributed by atoms with E-state index in [9.17, 15) is 18.0 Å². The van der Waals surface area contributed by atoms with Crippen molar-refractivity contribution in [1.29, 1.82) is 0 Å². The Morgan fingerprint density at radius 2 is 1.66 bits per heavy atom. The maximum atomic E-state index is 13.4. The van der Waals surface area contributed by atoms with Gasteiger partial charge in [-0.25, -0.2) is 18.2 Å². The molecule has 5 aromatic rings. The summed E-state index contributed by atoms with van der Waals surface area (Å²) in [6.07, 6.45) is 5.85. The number of amides is 3. The number of ether oxygens (including phenoxy) is 3. The fourth-order valence-electron chi connectivity index (χ4n) is 7.04. The standard InChI is InChI=1S/C43H51N7O7S/c1-43(2,3)28-23-34(49-58(6,53)54)40(56-5)36(24-28)50(42(44)52)35-13-14-37(32-10-8-7-9-31(32)35)57-30-18-22-46-39(26-30)48-29-11-12-33(38(25-29)55-4)41(51)47-21-17-27-15-19-45-20-16-27/h7-14,18,22-27,45,49H,15-17,19-21H2,1-6H3,(H2,44,52)(H,46,48)(H,47,51). The Labute approximate surface area is 339 Å². The fourth-order valence-corrected chi connectivity index (χ4v) is 7.59. The smallest absolute Gasteiger partial charge is 0.324 e. The van der Waals surface area contributed by atoms with Crippen LogP contribution in [0.1, 0.15) is 56.0 Å². The highest BCUT2D eigenvalue weighted by molar-refractivity contribution is 7.92. The molecule has 1 fully saturated rings. The molecule has 0 spiro atoms. The summed E-state index contributed by atoms with van der Waals surface area (Å²) in [6.45, 7) is 8.58. The number of primary amides is 1. The molecule has 1 saturated heterocycles. The molecular formula is C43H51N7O7S. The minimum absolute atomic E-state index is 0.122. The molecule has 14 nitrogen and oxygen atoms in total. The third-order valence-corrected chi connectivity index (χ3v) is 10.6. The first kappa shape index (κ1) is 41.6. The van der Waals surface area contributed by atoms with Gasteiger partial charge >= 0.3 is 6.03 Å². The van der Waals surface area contributed by atoms with Crippen molar-refractivity contribution < 1.29 is 32.2 Å². The van der Waals surface area contributed by atoms with Crippen LogP contribution in [0.5, 0.6) is 23.0 Å². The number of pyridine rings is 1. The highest BCUT2D eigenvalue weighted by atomic mass is 32.2. The molecule has 1 aliphatic rings. The van der Waals surface area contributed by atoms with Crippen molar-refractivity contribution in [3.63, 3.8) is 0 Å². The third kappa shape index (κ3) is 9.90. The molecular weight excluding hydrogens is 759 g/mol. The number of nitrogens with zero attached hydrogens (tertiary/aromatic N) is 2. The van der Waals surface area contributed by atoms with Gasteiger partial charge in [0.1, 0.15) is 23.1 Å². The average Bonchev–Trinajstić information content (AvgIpc) is 3.18. The van der Waals surface area contributed by atoms with Crippen molar-refractivity contribution >= 4 is 61.3 Å². The minimum atomic E-state index is -3.72. The molecule has 1 aliphatic heterocycles. The topological polar surface area (TPSA) is 186 Å². The van der Waals surface area contributed by atoms with E-state index in [0.717, 1.165) is 44.2 Å². The van der Waals surface area contributed by atoms with E-state index in [2.05, 4.69) is 25.7 Å². The predicted octanol–water partition coefficient (Wildman–Crippen LogP) is 7.79. The number of aromatic nitrogens is 1. The van der Waals surface area contributed by atoms with Gasteiger partial charge in [-0.2, -0.15) is 0 Å². The maximum Gasteiger partial charge on any atom is 0.324 e. The number of methoxy groups -OCH3 is 2. The van der Waals surface area contributed by atoms with Crippen LogP contribution in [-0.4, -0.2) is 65.4 Å². The number of rotatable bonds is 14. The van der Waals surface area contributed by atoms with Crippen molar-refractivity contribution in [2.24, 2.45) is 11.7 Å². The Hall–Kier alpha value is -6.06. The van der Waals surface area contributed by atoms with Gasteiger partial charge < -0.3 is 35.9 Å². The summed E-state index contributed by atoms with van der Waals surface area (Å²) in [5, 5.41) is 11.0. The number of carbonyl (C=O) groups excluding carboxylic acids is 2. The highest BCUT2D eigenvalue weighted by Crippen LogP contribution is 2.46. The third-order valence-electron chi connectivity index (χ3n) is 9.97. The molecule has 1 aromatic heterocycles. The van der Waals surface area contributed by atoms with Crippen LogP contribution < -0.4 is 45.5 Å². The first-order chi connectivity index (χ1) is 27.6. The summed E-state index contributed by atoms with van der Waals surface area (Å²) in [5.74, 6) is 2.44.